The summed E-state index contributed by atoms with van der Waals surface area (Å²) < 4.78 is 28.6. The molecule has 0 amide bonds. The molecular weight excluding hydrogens is 356 g/mol. The first-order valence-electron chi connectivity index (χ1n) is 5.31. The van der Waals surface area contributed by atoms with Gasteiger partial charge in [0, 0.05) is 6.07 Å². The molecule has 0 fully saturated rings. The van der Waals surface area contributed by atoms with E-state index in [4.69, 9.17) is 5.11 Å². The summed E-state index contributed by atoms with van der Waals surface area (Å²) in [7, 11) is 0. The van der Waals surface area contributed by atoms with Gasteiger partial charge in [0.05, 0.1) is 15.9 Å². The fourth-order valence-corrected chi connectivity index (χ4v) is 2.57. The molecule has 2 rings (SSSR count). The zero-order valence-corrected chi connectivity index (χ0v) is 12.5. The van der Waals surface area contributed by atoms with Crippen LogP contribution in [0.3, 0.4) is 0 Å². The lowest BCUT2D eigenvalue weighted by Crippen LogP contribution is -2.05. The summed E-state index contributed by atoms with van der Waals surface area (Å²) in [5.74, 6) is -2.40. The Morgan fingerprint density at radius 2 is 2.10 bits per heavy atom. The second-order valence-corrected chi connectivity index (χ2v) is 5.56. The maximum atomic E-state index is 13.9. The van der Waals surface area contributed by atoms with E-state index in [1.165, 1.54) is 10.6 Å². The van der Waals surface area contributed by atoms with Gasteiger partial charge in [0.1, 0.15) is 17.5 Å². The smallest absolute Gasteiger partial charge is 0.313 e. The Morgan fingerprint density at radius 1 is 1.40 bits per heavy atom. The second kappa shape index (κ2) is 5.88. The third-order valence-electron chi connectivity index (χ3n) is 2.35. The van der Waals surface area contributed by atoms with Crippen molar-refractivity contribution in [2.24, 2.45) is 0 Å². The lowest BCUT2D eigenvalue weighted by Gasteiger charge is -2.10. The van der Waals surface area contributed by atoms with Crippen molar-refractivity contribution >= 4 is 33.7 Å². The van der Waals surface area contributed by atoms with Gasteiger partial charge in [-0.15, -0.1) is 10.2 Å². The molecule has 0 spiro atoms. The van der Waals surface area contributed by atoms with Gasteiger partial charge in [-0.1, -0.05) is 11.8 Å². The number of benzene rings is 1. The number of hydrogen-bond donors (Lipinski definition) is 1. The predicted molar refractivity (Wildman–Crippen MR) is 72.1 cm³/mol. The van der Waals surface area contributed by atoms with Gasteiger partial charge in [-0.2, -0.15) is 0 Å². The molecule has 0 aliphatic carbocycles. The van der Waals surface area contributed by atoms with Crippen LogP contribution in [-0.4, -0.2) is 31.6 Å². The first kappa shape index (κ1) is 14.9. The minimum atomic E-state index is -1.03. The standard InChI is InChI=1S/C11H8BrF2N3O2S/c1-5-15-16-11(20-4-10(18)19)17(5)9-2-6(12)7(13)3-8(9)14/h2-3H,4H2,1H3,(H,18,19). The molecule has 1 aromatic carbocycles. The molecule has 0 saturated heterocycles. The Labute approximate surface area is 125 Å². The third-order valence-corrected chi connectivity index (χ3v) is 3.87. The minimum absolute atomic E-state index is 0.0497. The zero-order valence-electron chi connectivity index (χ0n) is 10.1. The summed E-state index contributed by atoms with van der Waals surface area (Å²) in [4.78, 5) is 10.6. The Hall–Kier alpha value is -1.48. The van der Waals surface area contributed by atoms with Gasteiger partial charge in [-0.3, -0.25) is 9.36 Å². The van der Waals surface area contributed by atoms with Crippen molar-refractivity contribution in [3.8, 4) is 5.69 Å². The molecule has 0 saturated carbocycles. The molecule has 20 heavy (non-hydrogen) atoms. The molecule has 9 heteroatoms. The highest BCUT2D eigenvalue weighted by Gasteiger charge is 2.17. The highest BCUT2D eigenvalue weighted by atomic mass is 79.9. The lowest BCUT2D eigenvalue weighted by molar-refractivity contribution is -0.133. The number of aliphatic carboxylic acids is 1. The van der Waals surface area contributed by atoms with Crippen LogP contribution in [0.25, 0.3) is 5.69 Å². The molecule has 5 nitrogen and oxygen atoms in total. The predicted octanol–water partition coefficient (Wildman–Crippen LogP) is 2.79. The molecule has 0 aliphatic rings. The summed E-state index contributed by atoms with van der Waals surface area (Å²) in [6.07, 6.45) is 0. The Bertz CT molecular complexity index is 678. The minimum Gasteiger partial charge on any atom is -0.481 e. The van der Waals surface area contributed by atoms with Gasteiger partial charge in [0.2, 0.25) is 0 Å². The van der Waals surface area contributed by atoms with Crippen LogP contribution in [0.4, 0.5) is 8.78 Å². The molecule has 1 aromatic heterocycles. The number of aryl methyl sites for hydroxylation is 1. The van der Waals surface area contributed by atoms with Gasteiger partial charge < -0.3 is 5.11 Å². The Morgan fingerprint density at radius 3 is 2.75 bits per heavy atom. The summed E-state index contributed by atoms with van der Waals surface area (Å²) in [5.41, 5.74) is 0.0497. The Balaban J connectivity index is 2.49. The summed E-state index contributed by atoms with van der Waals surface area (Å²) in [6.45, 7) is 1.59. The van der Waals surface area contributed by atoms with E-state index >= 15 is 0 Å². The van der Waals surface area contributed by atoms with Crippen LogP contribution in [0.2, 0.25) is 0 Å². The van der Waals surface area contributed by atoms with E-state index in [-0.39, 0.29) is 21.1 Å². The highest BCUT2D eigenvalue weighted by Crippen LogP contribution is 2.27. The van der Waals surface area contributed by atoms with Crippen LogP contribution >= 0.6 is 27.7 Å². The first-order valence-corrected chi connectivity index (χ1v) is 7.09. The first-order chi connectivity index (χ1) is 9.40. The van der Waals surface area contributed by atoms with E-state index in [0.29, 0.717) is 5.82 Å². The summed E-state index contributed by atoms with van der Waals surface area (Å²) >= 11 is 3.88. The molecular formula is C11H8BrF2N3O2S. The molecule has 1 N–H and O–H groups in total. The molecule has 106 valence electrons. The highest BCUT2D eigenvalue weighted by molar-refractivity contribution is 9.10. The largest absolute Gasteiger partial charge is 0.481 e. The molecule has 0 aliphatic heterocycles. The summed E-state index contributed by atoms with van der Waals surface area (Å²) in [5, 5.41) is 16.5. The number of nitrogens with zero attached hydrogens (tertiary/aromatic N) is 3. The molecule has 1 heterocycles. The van der Waals surface area contributed by atoms with Crippen LogP contribution in [0.15, 0.2) is 21.8 Å². The molecule has 0 unspecified atom stereocenters. The number of carboxylic acid groups (broad SMARTS) is 1. The van der Waals surface area contributed by atoms with Gasteiger partial charge >= 0.3 is 5.97 Å². The topological polar surface area (TPSA) is 68.0 Å². The SMILES string of the molecule is Cc1nnc(SCC(=O)O)n1-c1cc(Br)c(F)cc1F. The van der Waals surface area contributed by atoms with Crippen LogP contribution in [0.1, 0.15) is 5.82 Å². The number of aromatic nitrogens is 3. The van der Waals surface area contributed by atoms with Crippen molar-refractivity contribution in [3.05, 3.63) is 34.1 Å². The number of rotatable bonds is 4. The van der Waals surface area contributed by atoms with Crippen molar-refractivity contribution < 1.29 is 18.7 Å². The third kappa shape index (κ3) is 2.98. The van der Waals surface area contributed by atoms with Crippen molar-refractivity contribution in [1.82, 2.24) is 14.8 Å². The van der Waals surface area contributed by atoms with Gasteiger partial charge in [0.15, 0.2) is 5.16 Å². The van der Waals surface area contributed by atoms with Crippen molar-refractivity contribution in [2.75, 3.05) is 5.75 Å². The van der Waals surface area contributed by atoms with Crippen LogP contribution in [-0.2, 0) is 4.79 Å². The van der Waals surface area contributed by atoms with Crippen molar-refractivity contribution in [2.45, 2.75) is 12.1 Å². The number of halogens is 3. The Kier molecular flexibility index (Phi) is 4.39. The van der Waals surface area contributed by atoms with E-state index in [1.807, 2.05) is 0 Å². The molecule has 0 bridgehead atoms. The van der Waals surface area contributed by atoms with Crippen molar-refractivity contribution in [3.63, 3.8) is 0 Å². The zero-order chi connectivity index (χ0) is 14.9. The second-order valence-electron chi connectivity index (χ2n) is 3.77. The molecule has 0 atom stereocenters. The van der Waals surface area contributed by atoms with Gasteiger partial charge in [0.25, 0.3) is 0 Å². The van der Waals surface area contributed by atoms with E-state index in [2.05, 4.69) is 26.1 Å². The van der Waals surface area contributed by atoms with E-state index < -0.39 is 17.6 Å². The van der Waals surface area contributed by atoms with Crippen LogP contribution < -0.4 is 0 Å². The van der Waals surface area contributed by atoms with E-state index in [1.54, 1.807) is 6.92 Å². The number of carbonyl (C=O) groups is 1. The van der Waals surface area contributed by atoms with E-state index in [9.17, 15) is 13.6 Å². The van der Waals surface area contributed by atoms with Crippen LogP contribution in [0.5, 0.6) is 0 Å². The average molecular weight is 364 g/mol. The fourth-order valence-electron chi connectivity index (χ4n) is 1.52. The molecule has 0 radical (unpaired) electrons. The molecule has 2 aromatic rings. The number of carboxylic acids is 1. The van der Waals surface area contributed by atoms with Gasteiger partial charge in [-0.05, 0) is 28.9 Å². The average Bonchev–Trinajstić information content (AvgIpc) is 2.73. The monoisotopic (exact) mass is 363 g/mol. The summed E-state index contributed by atoms with van der Waals surface area (Å²) in [6, 6.07) is 2.00. The quantitative estimate of drug-likeness (QED) is 0.668. The van der Waals surface area contributed by atoms with Crippen LogP contribution in [0, 0.1) is 18.6 Å². The normalized spacial score (nSPS) is 10.8. The maximum Gasteiger partial charge on any atom is 0.313 e. The van der Waals surface area contributed by atoms with Crippen molar-refractivity contribution in [1.29, 1.82) is 0 Å². The van der Waals surface area contributed by atoms with E-state index in [0.717, 1.165) is 17.8 Å². The lowest BCUT2D eigenvalue weighted by atomic mass is 10.3. The number of hydrogen-bond acceptors (Lipinski definition) is 4. The number of thioether (sulfide) groups is 1. The van der Waals surface area contributed by atoms with Gasteiger partial charge in [-0.25, -0.2) is 8.78 Å². The maximum absolute atomic E-state index is 13.9. The fraction of sp³-hybridized carbons (Fsp3) is 0.182.